The summed E-state index contributed by atoms with van der Waals surface area (Å²) in [6.45, 7) is 5.49. The van der Waals surface area contributed by atoms with Crippen LogP contribution in [-0.2, 0) is 8.85 Å². The second-order valence-electron chi connectivity index (χ2n) is 4.07. The summed E-state index contributed by atoms with van der Waals surface area (Å²) in [6, 6.07) is 1.69. The highest BCUT2D eigenvalue weighted by molar-refractivity contribution is 6.44. The molecule has 0 aromatic carbocycles. The molecule has 1 aliphatic heterocycles. The van der Waals surface area contributed by atoms with Crippen LogP contribution in [0.5, 0.6) is 0 Å². The minimum absolute atomic E-state index is 0.587. The molecule has 0 radical (unpaired) electrons. The van der Waals surface area contributed by atoms with Gasteiger partial charge in [0.25, 0.3) is 0 Å². The van der Waals surface area contributed by atoms with Crippen molar-refractivity contribution in [3.8, 4) is 0 Å². The van der Waals surface area contributed by atoms with E-state index in [9.17, 15) is 0 Å². The Bertz CT molecular complexity index is 162. The minimum Gasteiger partial charge on any atom is -0.400 e. The van der Waals surface area contributed by atoms with Crippen molar-refractivity contribution in [2.75, 3.05) is 33.9 Å². The van der Waals surface area contributed by atoms with E-state index >= 15 is 0 Å². The average Bonchev–Trinajstić information content (AvgIpc) is 2.32. The zero-order chi connectivity index (χ0) is 11.1. The quantitative estimate of drug-likeness (QED) is 0.637. The third kappa shape index (κ3) is 4.20. The lowest BCUT2D eigenvalue weighted by Crippen LogP contribution is -2.52. The predicted octanol–water partition coefficient (Wildman–Crippen LogP) is 0.0873. The van der Waals surface area contributed by atoms with Crippen LogP contribution in [0.15, 0.2) is 0 Å². The molecule has 0 aromatic rings. The molecule has 2 unspecified atom stereocenters. The molecule has 1 saturated heterocycles. The molecule has 5 heteroatoms. The number of piperazine rings is 1. The lowest BCUT2D eigenvalue weighted by atomic mass is 9.98. The average molecular weight is 232 g/mol. The van der Waals surface area contributed by atoms with Gasteiger partial charge in [0.2, 0.25) is 0 Å². The summed E-state index contributed by atoms with van der Waals surface area (Å²) in [5.41, 5.74) is 0. The number of rotatable bonds is 6. The van der Waals surface area contributed by atoms with Gasteiger partial charge in [-0.1, -0.05) is 13.3 Å². The van der Waals surface area contributed by atoms with Gasteiger partial charge in [0.05, 0.1) is 0 Å². The molecule has 0 spiro atoms. The number of nitrogens with one attached hydrogen (secondary N) is 2. The Morgan fingerprint density at radius 1 is 1.33 bits per heavy atom. The van der Waals surface area contributed by atoms with Gasteiger partial charge >= 0.3 is 9.28 Å². The first-order chi connectivity index (χ1) is 7.31. The van der Waals surface area contributed by atoms with Gasteiger partial charge in [-0.3, -0.25) is 0 Å². The molecule has 2 N–H and O–H groups in total. The van der Waals surface area contributed by atoms with E-state index in [1.54, 1.807) is 14.2 Å². The molecule has 0 amide bonds. The smallest absolute Gasteiger partial charge is 0.321 e. The zero-order valence-electron chi connectivity index (χ0n) is 10.1. The van der Waals surface area contributed by atoms with Gasteiger partial charge in [0.1, 0.15) is 0 Å². The van der Waals surface area contributed by atoms with E-state index in [0.29, 0.717) is 12.0 Å². The van der Waals surface area contributed by atoms with Crippen LogP contribution < -0.4 is 10.6 Å². The van der Waals surface area contributed by atoms with Crippen molar-refractivity contribution < 1.29 is 8.85 Å². The van der Waals surface area contributed by atoms with Gasteiger partial charge in [-0.05, 0) is 12.0 Å². The highest BCUT2D eigenvalue weighted by atomic mass is 28.3. The standard InChI is InChI=1S/C10H24N2O2Si/c1-4-9(8-15(13-2)14-3)10-7-11-5-6-12-10/h9-12,15H,4-8H2,1-3H3. The Labute approximate surface area is 94.6 Å². The fourth-order valence-corrected chi connectivity index (χ4v) is 3.89. The summed E-state index contributed by atoms with van der Waals surface area (Å²) in [4.78, 5) is 0. The van der Waals surface area contributed by atoms with Crippen LogP contribution in [0.2, 0.25) is 6.04 Å². The Morgan fingerprint density at radius 2 is 2.07 bits per heavy atom. The van der Waals surface area contributed by atoms with Gasteiger partial charge in [0.15, 0.2) is 0 Å². The van der Waals surface area contributed by atoms with E-state index in [1.807, 2.05) is 0 Å². The zero-order valence-corrected chi connectivity index (χ0v) is 11.2. The molecule has 1 heterocycles. The first kappa shape index (κ1) is 13.1. The monoisotopic (exact) mass is 232 g/mol. The van der Waals surface area contributed by atoms with Gasteiger partial charge in [-0.25, -0.2) is 0 Å². The summed E-state index contributed by atoms with van der Waals surface area (Å²) >= 11 is 0. The fourth-order valence-electron chi connectivity index (χ4n) is 2.16. The lowest BCUT2D eigenvalue weighted by Gasteiger charge is -2.32. The van der Waals surface area contributed by atoms with Gasteiger partial charge in [-0.2, -0.15) is 0 Å². The SMILES string of the molecule is CCC(C[SiH](OC)OC)C1CNCCN1. The van der Waals surface area contributed by atoms with E-state index in [1.165, 1.54) is 6.42 Å². The minimum atomic E-state index is -1.41. The number of hydrogen-bond donors (Lipinski definition) is 2. The maximum atomic E-state index is 5.39. The molecule has 1 aliphatic rings. The molecule has 2 atom stereocenters. The molecular weight excluding hydrogens is 208 g/mol. The van der Waals surface area contributed by atoms with E-state index in [0.717, 1.165) is 25.7 Å². The van der Waals surface area contributed by atoms with Crippen LogP contribution >= 0.6 is 0 Å². The Balaban J connectivity index is 2.38. The Hall–Kier alpha value is 0.0569. The van der Waals surface area contributed by atoms with Crippen molar-refractivity contribution in [3.63, 3.8) is 0 Å². The molecule has 0 aromatic heterocycles. The van der Waals surface area contributed by atoms with Crippen molar-refractivity contribution in [2.45, 2.75) is 25.4 Å². The lowest BCUT2D eigenvalue weighted by molar-refractivity contribution is 0.250. The van der Waals surface area contributed by atoms with Crippen molar-refractivity contribution in [2.24, 2.45) is 5.92 Å². The third-order valence-electron chi connectivity index (χ3n) is 3.19. The van der Waals surface area contributed by atoms with Crippen molar-refractivity contribution in [1.29, 1.82) is 0 Å². The molecule has 90 valence electrons. The normalized spacial score (nSPS) is 24.4. The maximum Gasteiger partial charge on any atom is 0.321 e. The Kier molecular flexibility index (Phi) is 6.43. The predicted molar refractivity (Wildman–Crippen MR) is 64.4 cm³/mol. The van der Waals surface area contributed by atoms with Crippen LogP contribution in [0.25, 0.3) is 0 Å². The third-order valence-corrected chi connectivity index (χ3v) is 5.23. The van der Waals surface area contributed by atoms with E-state index in [4.69, 9.17) is 8.85 Å². The number of hydrogen-bond acceptors (Lipinski definition) is 4. The van der Waals surface area contributed by atoms with Crippen molar-refractivity contribution in [1.82, 2.24) is 10.6 Å². The summed E-state index contributed by atoms with van der Waals surface area (Å²) < 4.78 is 10.8. The highest BCUT2D eigenvalue weighted by Crippen LogP contribution is 2.17. The van der Waals surface area contributed by atoms with Gasteiger partial charge < -0.3 is 19.5 Å². The van der Waals surface area contributed by atoms with Crippen LogP contribution in [0, 0.1) is 5.92 Å². The molecule has 0 bridgehead atoms. The first-order valence-electron chi connectivity index (χ1n) is 5.81. The second-order valence-corrected chi connectivity index (χ2v) is 6.34. The summed E-state index contributed by atoms with van der Waals surface area (Å²) in [7, 11) is 2.12. The highest BCUT2D eigenvalue weighted by Gasteiger charge is 2.25. The van der Waals surface area contributed by atoms with Crippen LogP contribution in [0.3, 0.4) is 0 Å². The van der Waals surface area contributed by atoms with E-state index < -0.39 is 9.28 Å². The summed E-state index contributed by atoms with van der Waals surface area (Å²) in [5, 5.41) is 7.00. The second kappa shape index (κ2) is 7.35. The summed E-state index contributed by atoms with van der Waals surface area (Å²) in [6.07, 6.45) is 1.19. The molecular formula is C10H24N2O2Si. The molecule has 15 heavy (non-hydrogen) atoms. The van der Waals surface area contributed by atoms with Gasteiger partial charge in [-0.15, -0.1) is 0 Å². The van der Waals surface area contributed by atoms with Crippen LogP contribution in [0.1, 0.15) is 13.3 Å². The van der Waals surface area contributed by atoms with Crippen LogP contribution in [0.4, 0.5) is 0 Å². The molecule has 0 aliphatic carbocycles. The van der Waals surface area contributed by atoms with Gasteiger partial charge in [0, 0.05) is 39.9 Å². The topological polar surface area (TPSA) is 42.5 Å². The van der Waals surface area contributed by atoms with Crippen LogP contribution in [-0.4, -0.2) is 49.2 Å². The van der Waals surface area contributed by atoms with Crippen molar-refractivity contribution >= 4 is 9.28 Å². The van der Waals surface area contributed by atoms with E-state index in [2.05, 4.69) is 17.6 Å². The molecule has 1 fully saturated rings. The fraction of sp³-hybridized carbons (Fsp3) is 1.00. The van der Waals surface area contributed by atoms with E-state index in [-0.39, 0.29) is 0 Å². The summed E-state index contributed by atoms with van der Waals surface area (Å²) in [5.74, 6) is 0.675. The largest absolute Gasteiger partial charge is 0.400 e. The van der Waals surface area contributed by atoms with Crippen molar-refractivity contribution in [3.05, 3.63) is 0 Å². The Morgan fingerprint density at radius 3 is 2.53 bits per heavy atom. The molecule has 4 nitrogen and oxygen atoms in total. The first-order valence-corrected chi connectivity index (χ1v) is 7.57. The molecule has 1 rings (SSSR count). The maximum absolute atomic E-state index is 5.39. The molecule has 0 saturated carbocycles.